The lowest BCUT2D eigenvalue weighted by Crippen LogP contribution is -2.54. The lowest BCUT2D eigenvalue weighted by Gasteiger charge is -2.33. The zero-order valence-electron chi connectivity index (χ0n) is 25.4. The van der Waals surface area contributed by atoms with Gasteiger partial charge in [0.05, 0.1) is 10.6 Å². The number of hydrogen-bond donors (Lipinski definition) is 1. The number of ether oxygens (including phenoxy) is 1. The van der Waals surface area contributed by atoms with Crippen LogP contribution in [-0.4, -0.2) is 43.3 Å². The molecule has 45 heavy (non-hydrogen) atoms. The van der Waals surface area contributed by atoms with Crippen LogP contribution < -0.4 is 14.4 Å². The standard InChI is InChI=1S/C34H35Cl2N3O5S/c1-24(33(41)37-34(2,3)4)38(22-29-30(35)16-11-17-31(29)36)32(40)23-39(45(42,43)28-14-9-6-10-15-28)25-18-20-27(21-19-25)44-26-12-7-5-8-13-26/h5-21,24H,22-23H2,1-4H3,(H,37,41)/t24-/m0/s1. The Morgan fingerprint density at radius 1 is 0.800 bits per heavy atom. The smallest absolute Gasteiger partial charge is 0.264 e. The predicted octanol–water partition coefficient (Wildman–Crippen LogP) is 7.31. The summed E-state index contributed by atoms with van der Waals surface area (Å²) in [6.45, 7) is 6.33. The summed E-state index contributed by atoms with van der Waals surface area (Å²) in [4.78, 5) is 28.8. The number of carbonyl (C=O) groups is 2. The van der Waals surface area contributed by atoms with Crippen LogP contribution in [0.15, 0.2) is 108 Å². The Kier molecular flexibility index (Phi) is 10.8. The van der Waals surface area contributed by atoms with Gasteiger partial charge in [-0.3, -0.25) is 13.9 Å². The van der Waals surface area contributed by atoms with Crippen LogP contribution in [0.25, 0.3) is 0 Å². The van der Waals surface area contributed by atoms with Gasteiger partial charge in [-0.15, -0.1) is 0 Å². The van der Waals surface area contributed by atoms with Crippen LogP contribution in [-0.2, 0) is 26.2 Å². The van der Waals surface area contributed by atoms with Crippen molar-refractivity contribution in [1.29, 1.82) is 0 Å². The van der Waals surface area contributed by atoms with Gasteiger partial charge in [-0.25, -0.2) is 8.42 Å². The maximum atomic E-state index is 14.2. The van der Waals surface area contributed by atoms with E-state index in [1.54, 1.807) is 79.7 Å². The van der Waals surface area contributed by atoms with Crippen LogP contribution in [0.2, 0.25) is 10.0 Å². The van der Waals surface area contributed by atoms with E-state index in [4.69, 9.17) is 27.9 Å². The number of carbonyl (C=O) groups excluding carboxylic acids is 2. The number of nitrogens with one attached hydrogen (secondary N) is 1. The third kappa shape index (κ3) is 8.78. The minimum Gasteiger partial charge on any atom is -0.457 e. The molecular formula is C34H35Cl2N3O5S. The normalized spacial score (nSPS) is 12.2. The molecule has 1 atom stereocenters. The first-order valence-electron chi connectivity index (χ1n) is 14.2. The molecule has 4 aromatic carbocycles. The van der Waals surface area contributed by atoms with Crippen molar-refractivity contribution >= 4 is 50.7 Å². The first-order chi connectivity index (χ1) is 21.3. The summed E-state index contributed by atoms with van der Waals surface area (Å²) >= 11 is 12.9. The number of anilines is 1. The quantitative estimate of drug-likeness (QED) is 0.181. The Bertz CT molecular complexity index is 1710. The zero-order chi connectivity index (χ0) is 32.8. The molecule has 0 heterocycles. The van der Waals surface area contributed by atoms with Crippen molar-refractivity contribution in [1.82, 2.24) is 10.2 Å². The zero-order valence-corrected chi connectivity index (χ0v) is 27.7. The third-order valence-corrected chi connectivity index (χ3v) is 9.27. The van der Waals surface area contributed by atoms with E-state index in [0.717, 1.165) is 4.31 Å². The molecule has 236 valence electrons. The van der Waals surface area contributed by atoms with Gasteiger partial charge in [-0.05, 0) is 88.4 Å². The summed E-state index contributed by atoms with van der Waals surface area (Å²) in [7, 11) is -4.23. The largest absolute Gasteiger partial charge is 0.457 e. The summed E-state index contributed by atoms with van der Waals surface area (Å²) in [6.07, 6.45) is 0. The van der Waals surface area contributed by atoms with Crippen LogP contribution in [0.3, 0.4) is 0 Å². The molecule has 0 radical (unpaired) electrons. The van der Waals surface area contributed by atoms with Crippen molar-refractivity contribution in [3.63, 3.8) is 0 Å². The number of para-hydroxylation sites is 1. The number of halogens is 2. The summed E-state index contributed by atoms with van der Waals surface area (Å²) in [5, 5.41) is 3.52. The molecule has 0 bridgehead atoms. The molecule has 2 amide bonds. The Morgan fingerprint density at radius 2 is 1.33 bits per heavy atom. The Morgan fingerprint density at radius 3 is 1.89 bits per heavy atom. The van der Waals surface area contributed by atoms with Crippen molar-refractivity contribution in [3.8, 4) is 11.5 Å². The third-order valence-electron chi connectivity index (χ3n) is 6.77. The molecule has 4 rings (SSSR count). The summed E-state index contributed by atoms with van der Waals surface area (Å²) in [5.74, 6) is 0.0481. The molecule has 0 fully saturated rings. The van der Waals surface area contributed by atoms with Crippen molar-refractivity contribution in [2.24, 2.45) is 0 Å². The first kappa shape index (κ1) is 33.8. The minimum atomic E-state index is -4.23. The van der Waals surface area contributed by atoms with Gasteiger partial charge in [-0.1, -0.05) is 65.7 Å². The van der Waals surface area contributed by atoms with Crippen molar-refractivity contribution in [2.75, 3.05) is 10.8 Å². The van der Waals surface area contributed by atoms with Gasteiger partial charge in [-0.2, -0.15) is 0 Å². The fraction of sp³-hybridized carbons (Fsp3) is 0.235. The van der Waals surface area contributed by atoms with E-state index in [1.165, 1.54) is 17.0 Å². The van der Waals surface area contributed by atoms with Gasteiger partial charge < -0.3 is 15.0 Å². The topological polar surface area (TPSA) is 96.0 Å². The number of hydrogen-bond acceptors (Lipinski definition) is 5. The van der Waals surface area contributed by atoms with E-state index >= 15 is 0 Å². The SMILES string of the molecule is C[C@@H](C(=O)NC(C)(C)C)N(Cc1c(Cl)cccc1Cl)C(=O)CN(c1ccc(Oc2ccccc2)cc1)S(=O)(=O)c1ccccc1. The highest BCUT2D eigenvalue weighted by Gasteiger charge is 2.34. The molecule has 8 nitrogen and oxygen atoms in total. The van der Waals surface area contributed by atoms with Crippen molar-refractivity contribution < 1.29 is 22.7 Å². The van der Waals surface area contributed by atoms with Crippen LogP contribution in [0.1, 0.15) is 33.3 Å². The van der Waals surface area contributed by atoms with Gasteiger partial charge in [0.25, 0.3) is 10.0 Å². The average molecular weight is 669 g/mol. The summed E-state index contributed by atoms with van der Waals surface area (Å²) in [6, 6.07) is 27.3. The number of amides is 2. The van der Waals surface area contributed by atoms with Crippen LogP contribution >= 0.6 is 23.2 Å². The molecule has 0 aromatic heterocycles. The second kappa shape index (κ2) is 14.4. The van der Waals surface area contributed by atoms with E-state index < -0.39 is 40.0 Å². The second-order valence-corrected chi connectivity index (χ2v) is 14.0. The molecule has 0 saturated carbocycles. The molecule has 0 unspecified atom stereocenters. The molecule has 0 aliphatic rings. The Balaban J connectivity index is 1.73. The van der Waals surface area contributed by atoms with Crippen LogP contribution in [0.5, 0.6) is 11.5 Å². The van der Waals surface area contributed by atoms with E-state index in [2.05, 4.69) is 5.32 Å². The Labute approximate surface area is 274 Å². The fourth-order valence-electron chi connectivity index (χ4n) is 4.46. The number of benzene rings is 4. The molecule has 0 spiro atoms. The van der Waals surface area contributed by atoms with Gasteiger partial charge >= 0.3 is 0 Å². The lowest BCUT2D eigenvalue weighted by atomic mass is 10.1. The van der Waals surface area contributed by atoms with E-state index in [0.29, 0.717) is 27.1 Å². The number of sulfonamides is 1. The van der Waals surface area contributed by atoms with E-state index in [-0.39, 0.29) is 17.1 Å². The van der Waals surface area contributed by atoms with Crippen LogP contribution in [0.4, 0.5) is 5.69 Å². The maximum Gasteiger partial charge on any atom is 0.264 e. The summed E-state index contributed by atoms with van der Waals surface area (Å²) in [5.41, 5.74) is 0.0913. The van der Waals surface area contributed by atoms with Gasteiger partial charge in [0, 0.05) is 27.7 Å². The highest BCUT2D eigenvalue weighted by Crippen LogP contribution is 2.30. The monoisotopic (exact) mass is 667 g/mol. The fourth-order valence-corrected chi connectivity index (χ4v) is 6.42. The molecule has 0 aliphatic heterocycles. The van der Waals surface area contributed by atoms with Crippen molar-refractivity contribution in [2.45, 2.75) is 50.7 Å². The number of rotatable bonds is 11. The van der Waals surface area contributed by atoms with Gasteiger partial charge in [0.15, 0.2) is 0 Å². The maximum absolute atomic E-state index is 14.2. The molecular weight excluding hydrogens is 633 g/mol. The van der Waals surface area contributed by atoms with Crippen molar-refractivity contribution in [3.05, 3.63) is 119 Å². The van der Waals surface area contributed by atoms with Gasteiger partial charge in [0.1, 0.15) is 24.1 Å². The molecule has 0 aliphatic carbocycles. The second-order valence-electron chi connectivity index (χ2n) is 11.4. The number of nitrogens with zero attached hydrogens (tertiary/aromatic N) is 2. The Hall–Kier alpha value is -4.05. The lowest BCUT2D eigenvalue weighted by molar-refractivity contribution is -0.140. The van der Waals surface area contributed by atoms with Crippen LogP contribution in [0, 0.1) is 0 Å². The predicted molar refractivity (Wildman–Crippen MR) is 178 cm³/mol. The molecule has 0 saturated heterocycles. The first-order valence-corrected chi connectivity index (χ1v) is 16.4. The minimum absolute atomic E-state index is 0.00151. The average Bonchev–Trinajstić information content (AvgIpc) is 3.00. The van der Waals surface area contributed by atoms with E-state index in [9.17, 15) is 18.0 Å². The summed E-state index contributed by atoms with van der Waals surface area (Å²) < 4.78 is 35.0. The molecule has 4 aromatic rings. The van der Waals surface area contributed by atoms with E-state index in [1.807, 2.05) is 39.0 Å². The van der Waals surface area contributed by atoms with Gasteiger partial charge in [0.2, 0.25) is 11.8 Å². The highest BCUT2D eigenvalue weighted by molar-refractivity contribution is 7.92. The molecule has 11 heteroatoms. The molecule has 1 N–H and O–H groups in total. The highest BCUT2D eigenvalue weighted by atomic mass is 35.5.